The molecule has 0 aliphatic carbocycles. The van der Waals surface area contributed by atoms with Crippen LogP contribution < -0.4 is 11.1 Å². The number of nitrogens with one attached hydrogen (secondary N) is 1. The molecule has 6 heteroatoms. The Bertz CT molecular complexity index is 251. The molecule has 1 aliphatic heterocycles. The molecule has 0 aromatic rings. The van der Waals surface area contributed by atoms with Crippen molar-refractivity contribution in [1.82, 2.24) is 10.2 Å². The van der Waals surface area contributed by atoms with E-state index in [0.29, 0.717) is 13.2 Å². The van der Waals surface area contributed by atoms with E-state index >= 15 is 0 Å². The molecule has 1 rings (SSSR count). The monoisotopic (exact) mass is 259 g/mol. The second-order valence-corrected chi connectivity index (χ2v) is 4.52. The Morgan fingerprint density at radius 1 is 1.61 bits per heavy atom. The Balaban J connectivity index is 2.19. The van der Waals surface area contributed by atoms with Crippen LogP contribution in [0, 0.1) is 0 Å². The molecule has 2 atom stereocenters. The minimum absolute atomic E-state index is 0.141. The van der Waals surface area contributed by atoms with Gasteiger partial charge in [-0.2, -0.15) is 0 Å². The minimum Gasteiger partial charge on any atom is -0.453 e. The van der Waals surface area contributed by atoms with Gasteiger partial charge in [-0.05, 0) is 19.8 Å². The van der Waals surface area contributed by atoms with Crippen LogP contribution in [0.4, 0.5) is 4.79 Å². The number of methoxy groups -OCH3 is 1. The molecule has 106 valence electrons. The average molecular weight is 259 g/mol. The van der Waals surface area contributed by atoms with E-state index in [-0.39, 0.29) is 18.2 Å². The molecule has 1 aliphatic rings. The van der Waals surface area contributed by atoms with Gasteiger partial charge >= 0.3 is 6.09 Å². The fraction of sp³-hybridized carbons (Fsp3) is 0.917. The van der Waals surface area contributed by atoms with Crippen LogP contribution in [0.1, 0.15) is 19.8 Å². The molecule has 1 fully saturated rings. The summed E-state index contributed by atoms with van der Waals surface area (Å²) in [5.41, 5.74) is 5.64. The lowest BCUT2D eigenvalue weighted by Gasteiger charge is -2.20. The van der Waals surface area contributed by atoms with Crippen molar-refractivity contribution in [3.8, 4) is 0 Å². The second kappa shape index (κ2) is 8.29. The molecule has 0 aromatic carbocycles. The zero-order chi connectivity index (χ0) is 13.4. The van der Waals surface area contributed by atoms with Crippen LogP contribution in [0.2, 0.25) is 0 Å². The number of rotatable bonds is 7. The van der Waals surface area contributed by atoms with Gasteiger partial charge in [0.25, 0.3) is 0 Å². The van der Waals surface area contributed by atoms with Crippen molar-refractivity contribution in [1.29, 1.82) is 0 Å². The maximum Gasteiger partial charge on any atom is 0.407 e. The molecular formula is C12H25N3O3. The summed E-state index contributed by atoms with van der Waals surface area (Å²) >= 11 is 0. The first-order valence-electron chi connectivity index (χ1n) is 6.58. The van der Waals surface area contributed by atoms with Crippen molar-refractivity contribution in [2.45, 2.75) is 31.9 Å². The summed E-state index contributed by atoms with van der Waals surface area (Å²) in [6.07, 6.45) is 1.70. The topological polar surface area (TPSA) is 76.8 Å². The molecule has 18 heavy (non-hydrogen) atoms. The Labute approximate surface area is 109 Å². The van der Waals surface area contributed by atoms with E-state index in [4.69, 9.17) is 10.5 Å². The van der Waals surface area contributed by atoms with E-state index in [9.17, 15) is 4.79 Å². The van der Waals surface area contributed by atoms with Crippen molar-refractivity contribution in [2.75, 3.05) is 39.9 Å². The third-order valence-electron chi connectivity index (χ3n) is 3.21. The first-order chi connectivity index (χ1) is 8.69. The predicted molar refractivity (Wildman–Crippen MR) is 69.5 cm³/mol. The van der Waals surface area contributed by atoms with Gasteiger partial charge in [-0.3, -0.25) is 0 Å². The van der Waals surface area contributed by atoms with Crippen molar-refractivity contribution in [2.24, 2.45) is 5.73 Å². The van der Waals surface area contributed by atoms with Crippen LogP contribution in [0.25, 0.3) is 0 Å². The third-order valence-corrected chi connectivity index (χ3v) is 3.21. The first-order valence-corrected chi connectivity index (χ1v) is 6.58. The van der Waals surface area contributed by atoms with Crippen LogP contribution in [-0.4, -0.2) is 63.0 Å². The van der Waals surface area contributed by atoms with Crippen LogP contribution in [0.5, 0.6) is 0 Å². The predicted octanol–water partition coefficient (Wildman–Crippen LogP) is 0.171. The van der Waals surface area contributed by atoms with E-state index in [1.807, 2.05) is 6.92 Å². The lowest BCUT2D eigenvalue weighted by molar-refractivity contribution is 0.0560. The molecule has 6 nitrogen and oxygen atoms in total. The highest BCUT2D eigenvalue weighted by Crippen LogP contribution is 2.11. The lowest BCUT2D eigenvalue weighted by atomic mass is 10.2. The summed E-state index contributed by atoms with van der Waals surface area (Å²) in [6, 6.07) is 0.195. The SMILES string of the molecule is CCOC(CN)CCN1CCC(NC(=O)OC)C1. The maximum atomic E-state index is 11.1. The van der Waals surface area contributed by atoms with Gasteiger partial charge in [0.15, 0.2) is 0 Å². The number of carbonyl (C=O) groups is 1. The van der Waals surface area contributed by atoms with Gasteiger partial charge in [-0.25, -0.2) is 4.79 Å². The number of alkyl carbamates (subject to hydrolysis) is 1. The molecule has 1 amide bonds. The number of nitrogens with zero attached hydrogens (tertiary/aromatic N) is 1. The van der Waals surface area contributed by atoms with Crippen LogP contribution in [0.3, 0.4) is 0 Å². The molecule has 1 saturated heterocycles. The van der Waals surface area contributed by atoms with Gasteiger partial charge in [-0.15, -0.1) is 0 Å². The summed E-state index contributed by atoms with van der Waals surface area (Å²) in [5.74, 6) is 0. The summed E-state index contributed by atoms with van der Waals surface area (Å²) in [6.45, 7) is 6.08. The van der Waals surface area contributed by atoms with E-state index in [2.05, 4.69) is 15.0 Å². The van der Waals surface area contributed by atoms with Crippen molar-refractivity contribution < 1.29 is 14.3 Å². The summed E-state index contributed by atoms with van der Waals surface area (Å²) in [4.78, 5) is 13.4. The van der Waals surface area contributed by atoms with Crippen LogP contribution >= 0.6 is 0 Å². The van der Waals surface area contributed by atoms with Crippen molar-refractivity contribution >= 4 is 6.09 Å². The quantitative estimate of drug-likeness (QED) is 0.681. The van der Waals surface area contributed by atoms with Gasteiger partial charge in [0, 0.05) is 38.8 Å². The zero-order valence-electron chi connectivity index (χ0n) is 11.4. The molecule has 0 aromatic heterocycles. The van der Waals surface area contributed by atoms with E-state index in [1.165, 1.54) is 7.11 Å². The molecule has 2 unspecified atom stereocenters. The number of nitrogens with two attached hydrogens (primary N) is 1. The number of carbonyl (C=O) groups excluding carboxylic acids is 1. The van der Waals surface area contributed by atoms with Crippen LogP contribution in [0.15, 0.2) is 0 Å². The Morgan fingerprint density at radius 2 is 2.39 bits per heavy atom. The lowest BCUT2D eigenvalue weighted by Crippen LogP contribution is -2.37. The smallest absolute Gasteiger partial charge is 0.407 e. The summed E-state index contributed by atoms with van der Waals surface area (Å²) < 4.78 is 10.1. The fourth-order valence-corrected chi connectivity index (χ4v) is 2.21. The molecule has 0 bridgehead atoms. The highest BCUT2D eigenvalue weighted by atomic mass is 16.5. The molecule has 0 radical (unpaired) electrons. The second-order valence-electron chi connectivity index (χ2n) is 4.52. The highest BCUT2D eigenvalue weighted by molar-refractivity contribution is 5.67. The van der Waals surface area contributed by atoms with Gasteiger partial charge < -0.3 is 25.4 Å². The van der Waals surface area contributed by atoms with Gasteiger partial charge in [0.1, 0.15) is 0 Å². The fourth-order valence-electron chi connectivity index (χ4n) is 2.21. The Morgan fingerprint density at radius 3 is 3.00 bits per heavy atom. The Hall–Kier alpha value is -0.850. The molecular weight excluding hydrogens is 234 g/mol. The third kappa shape index (κ3) is 5.20. The zero-order valence-corrected chi connectivity index (χ0v) is 11.4. The number of ether oxygens (including phenoxy) is 2. The minimum atomic E-state index is -0.351. The normalized spacial score (nSPS) is 21.8. The largest absolute Gasteiger partial charge is 0.453 e. The summed E-state index contributed by atoms with van der Waals surface area (Å²) in [5, 5.41) is 2.83. The van der Waals surface area contributed by atoms with Crippen molar-refractivity contribution in [3.63, 3.8) is 0 Å². The summed E-state index contributed by atoms with van der Waals surface area (Å²) in [7, 11) is 1.38. The van der Waals surface area contributed by atoms with E-state index < -0.39 is 0 Å². The Kier molecular flexibility index (Phi) is 7.00. The first kappa shape index (κ1) is 15.2. The van der Waals surface area contributed by atoms with Gasteiger partial charge in [0.2, 0.25) is 0 Å². The number of likely N-dealkylation sites (tertiary alicyclic amines) is 1. The molecule has 1 heterocycles. The van der Waals surface area contributed by atoms with Gasteiger partial charge in [0.05, 0.1) is 13.2 Å². The number of hydrogen-bond donors (Lipinski definition) is 2. The van der Waals surface area contributed by atoms with Crippen molar-refractivity contribution in [3.05, 3.63) is 0 Å². The van der Waals surface area contributed by atoms with Gasteiger partial charge in [-0.1, -0.05) is 0 Å². The average Bonchev–Trinajstić information content (AvgIpc) is 2.81. The van der Waals surface area contributed by atoms with E-state index in [1.54, 1.807) is 0 Å². The standard InChI is InChI=1S/C12H25N3O3/c1-3-18-11(8-13)5-7-15-6-4-10(9-15)14-12(16)17-2/h10-11H,3-9,13H2,1-2H3,(H,14,16). The maximum absolute atomic E-state index is 11.1. The van der Waals surface area contributed by atoms with Crippen LogP contribution in [-0.2, 0) is 9.47 Å². The number of amides is 1. The molecule has 0 spiro atoms. The number of hydrogen-bond acceptors (Lipinski definition) is 5. The highest BCUT2D eigenvalue weighted by Gasteiger charge is 2.24. The van der Waals surface area contributed by atoms with E-state index in [0.717, 1.165) is 32.5 Å². The molecule has 3 N–H and O–H groups in total. The molecule has 0 saturated carbocycles.